The fourth-order valence-electron chi connectivity index (χ4n) is 1.62. The highest BCUT2D eigenvalue weighted by Gasteiger charge is 2.21. The van der Waals surface area contributed by atoms with Gasteiger partial charge in [-0.15, -0.1) is 0 Å². The topological polar surface area (TPSA) is 0 Å². The molecular weight excluding hydrogens is 347 g/mol. The Balaban J connectivity index is 2.53. The van der Waals surface area contributed by atoms with Gasteiger partial charge in [0.1, 0.15) is 0 Å². The van der Waals surface area contributed by atoms with Gasteiger partial charge in [-0.3, -0.25) is 0 Å². The third kappa shape index (κ3) is 2.77. The molecule has 0 radical (unpaired) electrons. The monoisotopic (exact) mass is 352 g/mol. The summed E-state index contributed by atoms with van der Waals surface area (Å²) in [7, 11) is 0. The van der Waals surface area contributed by atoms with E-state index in [1.807, 2.05) is 0 Å². The van der Waals surface area contributed by atoms with Crippen LogP contribution in [0, 0.1) is 23.3 Å². The molecule has 1 atom stereocenters. The molecule has 19 heavy (non-hydrogen) atoms. The number of hydrogen-bond acceptors (Lipinski definition) is 0. The SMILES string of the molecule is Fc1cc(Cl)c(C(Br)c2cccc(F)c2F)cc1F. The quantitative estimate of drug-likeness (QED) is 0.386. The molecule has 100 valence electrons. The molecule has 0 fully saturated rings. The predicted molar refractivity (Wildman–Crippen MR) is 68.5 cm³/mol. The van der Waals surface area contributed by atoms with Crippen LogP contribution in [0.2, 0.25) is 5.02 Å². The van der Waals surface area contributed by atoms with E-state index in [9.17, 15) is 17.6 Å². The minimum Gasteiger partial charge on any atom is -0.204 e. The van der Waals surface area contributed by atoms with Gasteiger partial charge in [-0.05, 0) is 23.8 Å². The number of benzene rings is 2. The van der Waals surface area contributed by atoms with Crippen LogP contribution in [0.1, 0.15) is 16.0 Å². The smallest absolute Gasteiger partial charge is 0.163 e. The maximum atomic E-state index is 13.6. The molecule has 0 spiro atoms. The van der Waals surface area contributed by atoms with Crippen LogP contribution in [-0.4, -0.2) is 0 Å². The predicted octanol–water partition coefficient (Wildman–Crippen LogP) is 5.38. The molecule has 0 bridgehead atoms. The van der Waals surface area contributed by atoms with Crippen molar-refractivity contribution in [2.24, 2.45) is 0 Å². The Labute approximate surface area is 120 Å². The molecule has 0 aliphatic carbocycles. The third-order valence-corrected chi connectivity index (χ3v) is 3.88. The fraction of sp³-hybridized carbons (Fsp3) is 0.0769. The van der Waals surface area contributed by atoms with E-state index >= 15 is 0 Å². The van der Waals surface area contributed by atoms with Crippen molar-refractivity contribution in [3.8, 4) is 0 Å². The second-order valence-corrected chi connectivity index (χ2v) is 5.12. The Hall–Kier alpha value is -1.07. The van der Waals surface area contributed by atoms with Crippen LogP contribution in [0.3, 0.4) is 0 Å². The van der Waals surface area contributed by atoms with Gasteiger partial charge in [-0.2, -0.15) is 0 Å². The molecule has 0 aromatic heterocycles. The highest BCUT2D eigenvalue weighted by Crippen LogP contribution is 2.37. The Kier molecular flexibility index (Phi) is 4.16. The molecule has 2 aromatic carbocycles. The van der Waals surface area contributed by atoms with Crippen LogP contribution >= 0.6 is 27.5 Å². The van der Waals surface area contributed by atoms with Gasteiger partial charge in [0, 0.05) is 10.6 Å². The summed E-state index contributed by atoms with van der Waals surface area (Å²) in [5.74, 6) is -4.31. The zero-order valence-corrected chi connectivity index (χ0v) is 11.6. The van der Waals surface area contributed by atoms with Gasteiger partial charge in [0.25, 0.3) is 0 Å². The van der Waals surface area contributed by atoms with E-state index in [2.05, 4.69) is 15.9 Å². The zero-order valence-electron chi connectivity index (χ0n) is 9.23. The third-order valence-electron chi connectivity index (χ3n) is 2.57. The highest BCUT2D eigenvalue weighted by molar-refractivity contribution is 9.09. The first-order valence-electron chi connectivity index (χ1n) is 5.14. The van der Waals surface area contributed by atoms with E-state index in [1.54, 1.807) is 0 Å². The number of rotatable bonds is 2. The summed E-state index contributed by atoms with van der Waals surface area (Å²) in [6, 6.07) is 5.25. The lowest BCUT2D eigenvalue weighted by Crippen LogP contribution is -2.01. The van der Waals surface area contributed by atoms with Gasteiger partial charge in [-0.25, -0.2) is 17.6 Å². The molecule has 2 rings (SSSR count). The van der Waals surface area contributed by atoms with Crippen LogP contribution in [0.5, 0.6) is 0 Å². The molecule has 0 aliphatic heterocycles. The van der Waals surface area contributed by atoms with Crippen LogP contribution in [-0.2, 0) is 0 Å². The molecular formula is C13H6BrClF4. The standard InChI is InChI=1S/C13H6BrClF4/c14-12(6-2-1-3-9(16)13(6)19)7-4-10(17)11(18)5-8(7)15/h1-5,12H. The van der Waals surface area contributed by atoms with Crippen molar-refractivity contribution < 1.29 is 17.6 Å². The first-order chi connectivity index (χ1) is 8.91. The molecule has 0 amide bonds. The summed E-state index contributed by atoms with van der Waals surface area (Å²) in [6.07, 6.45) is 0. The van der Waals surface area contributed by atoms with Crippen LogP contribution in [0.15, 0.2) is 30.3 Å². The van der Waals surface area contributed by atoms with Gasteiger partial charge in [0.2, 0.25) is 0 Å². The van der Waals surface area contributed by atoms with Crippen LogP contribution in [0.25, 0.3) is 0 Å². The van der Waals surface area contributed by atoms with E-state index in [4.69, 9.17) is 11.6 Å². The Morgan fingerprint density at radius 1 is 0.895 bits per heavy atom. The normalized spacial score (nSPS) is 12.5. The molecule has 0 nitrogen and oxygen atoms in total. The minimum atomic E-state index is -1.11. The number of halogens is 6. The van der Waals surface area contributed by atoms with Gasteiger partial charge >= 0.3 is 0 Å². The lowest BCUT2D eigenvalue weighted by Gasteiger charge is -2.14. The van der Waals surface area contributed by atoms with Gasteiger partial charge in [0.05, 0.1) is 4.83 Å². The lowest BCUT2D eigenvalue weighted by atomic mass is 10.0. The van der Waals surface area contributed by atoms with E-state index in [0.29, 0.717) is 0 Å². The summed E-state index contributed by atoms with van der Waals surface area (Å²) in [5.41, 5.74) is 0.0676. The van der Waals surface area contributed by atoms with Gasteiger partial charge in [0.15, 0.2) is 23.3 Å². The minimum absolute atomic E-state index is 0.0482. The maximum absolute atomic E-state index is 13.6. The van der Waals surface area contributed by atoms with Crippen LogP contribution in [0.4, 0.5) is 17.6 Å². The van der Waals surface area contributed by atoms with Crippen molar-refractivity contribution in [1.82, 2.24) is 0 Å². The van der Waals surface area contributed by atoms with Crippen molar-refractivity contribution >= 4 is 27.5 Å². The molecule has 0 N–H and O–H groups in total. The van der Waals surface area contributed by atoms with Gasteiger partial charge < -0.3 is 0 Å². The van der Waals surface area contributed by atoms with Crippen molar-refractivity contribution in [2.75, 3.05) is 0 Å². The largest absolute Gasteiger partial charge is 0.204 e. The van der Waals surface area contributed by atoms with E-state index in [-0.39, 0.29) is 16.1 Å². The number of alkyl halides is 1. The summed E-state index contributed by atoms with van der Waals surface area (Å²) in [6.45, 7) is 0. The average Bonchev–Trinajstić information content (AvgIpc) is 2.36. The van der Waals surface area contributed by atoms with Crippen molar-refractivity contribution in [2.45, 2.75) is 4.83 Å². The molecule has 0 heterocycles. The van der Waals surface area contributed by atoms with E-state index in [0.717, 1.165) is 18.2 Å². The lowest BCUT2D eigenvalue weighted by molar-refractivity contribution is 0.499. The Morgan fingerprint density at radius 2 is 1.53 bits per heavy atom. The second-order valence-electron chi connectivity index (χ2n) is 3.79. The summed E-state index contributed by atoms with van der Waals surface area (Å²) < 4.78 is 52.9. The molecule has 0 saturated heterocycles. The summed E-state index contributed by atoms with van der Waals surface area (Å²) >= 11 is 8.89. The number of hydrogen-bond donors (Lipinski definition) is 0. The average molecular weight is 354 g/mol. The molecule has 1 unspecified atom stereocenters. The Bertz CT molecular complexity index is 630. The second kappa shape index (κ2) is 5.51. The molecule has 6 heteroatoms. The molecule has 0 aliphatic rings. The van der Waals surface area contributed by atoms with Crippen molar-refractivity contribution in [3.05, 3.63) is 69.8 Å². The summed E-state index contributed by atoms with van der Waals surface area (Å²) in [4.78, 5) is -0.884. The van der Waals surface area contributed by atoms with E-state index in [1.165, 1.54) is 12.1 Å². The first kappa shape index (κ1) is 14.3. The molecule has 2 aromatic rings. The van der Waals surface area contributed by atoms with E-state index < -0.39 is 28.1 Å². The van der Waals surface area contributed by atoms with Crippen molar-refractivity contribution in [3.63, 3.8) is 0 Å². The first-order valence-corrected chi connectivity index (χ1v) is 6.43. The zero-order chi connectivity index (χ0) is 14.2. The highest BCUT2D eigenvalue weighted by atomic mass is 79.9. The maximum Gasteiger partial charge on any atom is 0.163 e. The molecule has 0 saturated carbocycles. The van der Waals surface area contributed by atoms with Crippen molar-refractivity contribution in [1.29, 1.82) is 0 Å². The summed E-state index contributed by atoms with van der Waals surface area (Å²) in [5, 5.41) is -0.0792. The fourth-order valence-corrected chi connectivity index (χ4v) is 2.74. The Morgan fingerprint density at radius 3 is 2.21 bits per heavy atom. The van der Waals surface area contributed by atoms with Gasteiger partial charge in [-0.1, -0.05) is 39.7 Å². The van der Waals surface area contributed by atoms with Crippen LogP contribution < -0.4 is 0 Å².